The zero-order valence-corrected chi connectivity index (χ0v) is 12.4. The number of nitrogens with zero attached hydrogens (tertiary/aromatic N) is 1. The highest BCUT2D eigenvalue weighted by Gasteiger charge is 2.07. The number of ether oxygens (including phenoxy) is 1. The molecule has 1 aromatic heterocycles. The van der Waals surface area contributed by atoms with Gasteiger partial charge >= 0.3 is 5.97 Å². The highest BCUT2D eigenvalue weighted by molar-refractivity contribution is 9.10. The van der Waals surface area contributed by atoms with E-state index in [9.17, 15) is 4.79 Å². The molecule has 3 nitrogen and oxygen atoms in total. The van der Waals surface area contributed by atoms with Gasteiger partial charge in [-0.15, -0.1) is 0 Å². The summed E-state index contributed by atoms with van der Waals surface area (Å²) in [5, 5.41) is 1.03. The lowest BCUT2D eigenvalue weighted by Crippen LogP contribution is -2.03. The first kappa shape index (κ1) is 13.7. The van der Waals surface area contributed by atoms with Crippen molar-refractivity contribution in [1.82, 2.24) is 4.98 Å². The van der Waals surface area contributed by atoms with Gasteiger partial charge in [-0.3, -0.25) is 4.98 Å². The number of benzene rings is 1. The number of hydrogen-bond acceptors (Lipinski definition) is 3. The maximum atomic E-state index is 11.5. The van der Waals surface area contributed by atoms with Gasteiger partial charge in [-0.2, -0.15) is 0 Å². The van der Waals surface area contributed by atoms with Crippen molar-refractivity contribution in [2.45, 2.75) is 13.3 Å². The summed E-state index contributed by atoms with van der Waals surface area (Å²) < 4.78 is 5.75. The van der Waals surface area contributed by atoms with Crippen molar-refractivity contribution in [2.24, 2.45) is 0 Å². The molecule has 4 heteroatoms. The van der Waals surface area contributed by atoms with Gasteiger partial charge < -0.3 is 4.74 Å². The smallest absolute Gasteiger partial charge is 0.333 e. The fraction of sp³-hybridized carbons (Fsp3) is 0.200. The van der Waals surface area contributed by atoms with Crippen LogP contribution in [0.2, 0.25) is 0 Å². The molecular formula is C15H14BrNO2. The molecule has 0 aliphatic rings. The number of carbonyl (C=O) groups excluding carboxylic acids is 1. The molecule has 98 valence electrons. The van der Waals surface area contributed by atoms with Crippen molar-refractivity contribution >= 4 is 38.9 Å². The zero-order chi connectivity index (χ0) is 13.8. The summed E-state index contributed by atoms with van der Waals surface area (Å²) in [6, 6.07) is 7.92. The third kappa shape index (κ3) is 3.20. The van der Waals surface area contributed by atoms with E-state index >= 15 is 0 Å². The van der Waals surface area contributed by atoms with Crippen molar-refractivity contribution in [3.05, 3.63) is 46.1 Å². The van der Waals surface area contributed by atoms with Crippen molar-refractivity contribution in [3.63, 3.8) is 0 Å². The quantitative estimate of drug-likeness (QED) is 0.635. The van der Waals surface area contributed by atoms with Gasteiger partial charge in [0.15, 0.2) is 0 Å². The molecule has 0 aliphatic heterocycles. The maximum absolute atomic E-state index is 11.5. The van der Waals surface area contributed by atoms with E-state index < -0.39 is 0 Å². The van der Waals surface area contributed by atoms with Gasteiger partial charge in [-0.1, -0.05) is 22.9 Å². The number of pyridine rings is 1. The minimum atomic E-state index is -0.295. The molecule has 1 heterocycles. The highest BCUT2D eigenvalue weighted by atomic mass is 79.9. The van der Waals surface area contributed by atoms with Crippen LogP contribution in [0.25, 0.3) is 17.0 Å². The Hall–Kier alpha value is -1.68. The van der Waals surface area contributed by atoms with E-state index in [4.69, 9.17) is 4.74 Å². The predicted octanol–water partition coefficient (Wildman–Crippen LogP) is 3.96. The van der Waals surface area contributed by atoms with Crippen LogP contribution < -0.4 is 0 Å². The van der Waals surface area contributed by atoms with Gasteiger partial charge in [-0.25, -0.2) is 4.79 Å². The van der Waals surface area contributed by atoms with Crippen LogP contribution in [-0.4, -0.2) is 18.1 Å². The first-order valence-electron chi connectivity index (χ1n) is 5.98. The molecule has 2 aromatic rings. The van der Waals surface area contributed by atoms with Gasteiger partial charge in [0.2, 0.25) is 0 Å². The number of fused-ring (bicyclic) bond motifs is 1. The van der Waals surface area contributed by atoms with Gasteiger partial charge in [0.25, 0.3) is 0 Å². The average molecular weight is 320 g/mol. The van der Waals surface area contributed by atoms with E-state index in [2.05, 4.69) is 20.9 Å². The third-order valence-electron chi connectivity index (χ3n) is 2.83. The fourth-order valence-corrected chi connectivity index (χ4v) is 2.21. The number of carbonyl (C=O) groups is 1. The second-order valence-electron chi connectivity index (χ2n) is 4.12. The summed E-state index contributed by atoms with van der Waals surface area (Å²) in [6.07, 6.45) is 4.21. The SMILES string of the molecule is CC/C(=C\c1cnc2ccc(Br)cc2c1)C(=O)OC. The summed E-state index contributed by atoms with van der Waals surface area (Å²) in [7, 11) is 1.39. The molecule has 0 N–H and O–H groups in total. The molecule has 0 bridgehead atoms. The van der Waals surface area contributed by atoms with E-state index in [-0.39, 0.29) is 5.97 Å². The Balaban J connectivity index is 2.45. The number of hydrogen-bond donors (Lipinski definition) is 0. The monoisotopic (exact) mass is 319 g/mol. The molecule has 0 atom stereocenters. The maximum Gasteiger partial charge on any atom is 0.333 e. The first-order valence-corrected chi connectivity index (χ1v) is 6.77. The number of methoxy groups -OCH3 is 1. The number of esters is 1. The second kappa shape index (κ2) is 5.97. The van der Waals surface area contributed by atoms with Crippen LogP contribution in [0.5, 0.6) is 0 Å². The molecule has 0 saturated carbocycles. The molecule has 0 spiro atoms. The normalized spacial score (nSPS) is 11.6. The number of halogens is 1. The number of rotatable bonds is 3. The van der Waals surface area contributed by atoms with Crippen LogP contribution in [0.4, 0.5) is 0 Å². The van der Waals surface area contributed by atoms with Crippen molar-refractivity contribution < 1.29 is 9.53 Å². The molecule has 1 aromatic carbocycles. The lowest BCUT2D eigenvalue weighted by Gasteiger charge is -2.03. The Morgan fingerprint density at radius 3 is 2.89 bits per heavy atom. The van der Waals surface area contributed by atoms with E-state index in [0.717, 1.165) is 20.9 Å². The number of aromatic nitrogens is 1. The molecule has 2 rings (SSSR count). The summed E-state index contributed by atoms with van der Waals surface area (Å²) in [6.45, 7) is 1.92. The van der Waals surface area contributed by atoms with Crippen LogP contribution in [-0.2, 0) is 9.53 Å². The van der Waals surface area contributed by atoms with E-state index in [1.807, 2.05) is 37.3 Å². The predicted molar refractivity (Wildman–Crippen MR) is 79.7 cm³/mol. The van der Waals surface area contributed by atoms with E-state index in [1.54, 1.807) is 6.20 Å². The molecule has 0 aliphatic carbocycles. The minimum Gasteiger partial charge on any atom is -0.466 e. The van der Waals surface area contributed by atoms with Crippen LogP contribution in [0.1, 0.15) is 18.9 Å². The molecule has 0 fully saturated rings. The second-order valence-corrected chi connectivity index (χ2v) is 5.04. The lowest BCUT2D eigenvalue weighted by molar-refractivity contribution is -0.136. The average Bonchev–Trinajstić information content (AvgIpc) is 2.43. The molecule has 0 unspecified atom stereocenters. The summed E-state index contributed by atoms with van der Waals surface area (Å²) in [5.41, 5.74) is 2.46. The topological polar surface area (TPSA) is 39.2 Å². The Bertz CT molecular complexity index is 650. The molecule has 0 radical (unpaired) electrons. The van der Waals surface area contributed by atoms with Crippen molar-refractivity contribution in [1.29, 1.82) is 0 Å². The van der Waals surface area contributed by atoms with Crippen LogP contribution in [0.15, 0.2) is 40.5 Å². The molecule has 19 heavy (non-hydrogen) atoms. The fourth-order valence-electron chi connectivity index (χ4n) is 1.84. The zero-order valence-electron chi connectivity index (χ0n) is 10.8. The van der Waals surface area contributed by atoms with Gasteiger partial charge in [0, 0.05) is 21.6 Å². The van der Waals surface area contributed by atoms with Gasteiger partial charge in [-0.05, 0) is 42.3 Å². The van der Waals surface area contributed by atoms with Crippen LogP contribution in [0, 0.1) is 0 Å². The van der Waals surface area contributed by atoms with E-state index in [1.165, 1.54) is 7.11 Å². The molecular weight excluding hydrogens is 306 g/mol. The van der Waals surface area contributed by atoms with Gasteiger partial charge in [0.05, 0.1) is 12.6 Å². The Labute approximate surface area is 120 Å². The highest BCUT2D eigenvalue weighted by Crippen LogP contribution is 2.20. The summed E-state index contributed by atoms with van der Waals surface area (Å²) in [4.78, 5) is 15.9. The molecule has 0 saturated heterocycles. The summed E-state index contributed by atoms with van der Waals surface area (Å²) >= 11 is 3.44. The van der Waals surface area contributed by atoms with Crippen LogP contribution in [0.3, 0.4) is 0 Å². The minimum absolute atomic E-state index is 0.295. The van der Waals surface area contributed by atoms with Crippen molar-refractivity contribution in [3.8, 4) is 0 Å². The Kier molecular flexibility index (Phi) is 4.32. The standard InChI is InChI=1S/C15H14BrNO2/c1-3-11(15(18)19-2)6-10-7-12-8-13(16)4-5-14(12)17-9-10/h4-9H,3H2,1-2H3/b11-6+. The Morgan fingerprint density at radius 1 is 1.42 bits per heavy atom. The van der Waals surface area contributed by atoms with Gasteiger partial charge in [0.1, 0.15) is 0 Å². The largest absolute Gasteiger partial charge is 0.466 e. The summed E-state index contributed by atoms with van der Waals surface area (Å²) in [5.74, 6) is -0.295. The first-order chi connectivity index (χ1) is 9.13. The third-order valence-corrected chi connectivity index (χ3v) is 3.33. The molecule has 0 amide bonds. The lowest BCUT2D eigenvalue weighted by atomic mass is 10.1. The van der Waals surface area contributed by atoms with E-state index in [0.29, 0.717) is 12.0 Å². The van der Waals surface area contributed by atoms with Crippen LogP contribution >= 0.6 is 15.9 Å². The Morgan fingerprint density at radius 2 is 2.21 bits per heavy atom. The van der Waals surface area contributed by atoms with Crippen molar-refractivity contribution in [2.75, 3.05) is 7.11 Å².